The molecule has 170 valence electrons. The van der Waals surface area contributed by atoms with Crippen LogP contribution in [0.2, 0.25) is 0 Å². The van der Waals surface area contributed by atoms with Crippen molar-refractivity contribution >= 4 is 5.69 Å². The zero-order valence-corrected chi connectivity index (χ0v) is 17.6. The van der Waals surface area contributed by atoms with Gasteiger partial charge >= 0.3 is 6.18 Å². The predicted molar refractivity (Wildman–Crippen MR) is 111 cm³/mol. The largest absolute Gasteiger partial charge is 0.493 e. The number of para-hydroxylation sites is 1. The van der Waals surface area contributed by atoms with Gasteiger partial charge in [0.1, 0.15) is 12.7 Å². The van der Waals surface area contributed by atoms with E-state index in [1.165, 1.54) is 26.4 Å². The molecular formula is C22H27F3N2O4. The van der Waals surface area contributed by atoms with Crippen LogP contribution in [0.25, 0.3) is 0 Å². The Bertz CT molecular complexity index is 833. The van der Waals surface area contributed by atoms with Crippen molar-refractivity contribution in [1.82, 2.24) is 4.90 Å². The normalized spacial score (nSPS) is 16.1. The lowest BCUT2D eigenvalue weighted by atomic mass is 10.1. The fraction of sp³-hybridized carbons (Fsp3) is 0.455. The average Bonchev–Trinajstić information content (AvgIpc) is 2.77. The van der Waals surface area contributed by atoms with E-state index in [0.29, 0.717) is 55.7 Å². The van der Waals surface area contributed by atoms with Crippen molar-refractivity contribution in [2.45, 2.75) is 12.3 Å². The van der Waals surface area contributed by atoms with Crippen molar-refractivity contribution in [2.24, 2.45) is 0 Å². The smallest absolute Gasteiger partial charge is 0.416 e. The first-order chi connectivity index (χ1) is 14.8. The molecule has 9 heteroatoms. The summed E-state index contributed by atoms with van der Waals surface area (Å²) in [7, 11) is 3.06. The number of β-amino-alcohol motifs (C(OH)–C–C–N with tert-alkyl or cyclic N) is 1. The van der Waals surface area contributed by atoms with Crippen LogP contribution in [-0.2, 0) is 6.18 Å². The third-order valence-electron chi connectivity index (χ3n) is 5.18. The van der Waals surface area contributed by atoms with Crippen LogP contribution in [0.15, 0.2) is 42.5 Å². The Morgan fingerprint density at radius 2 is 1.58 bits per heavy atom. The highest BCUT2D eigenvalue weighted by atomic mass is 19.4. The molecule has 31 heavy (non-hydrogen) atoms. The molecule has 1 fully saturated rings. The third-order valence-corrected chi connectivity index (χ3v) is 5.18. The van der Waals surface area contributed by atoms with Gasteiger partial charge in [0.2, 0.25) is 5.75 Å². The third kappa shape index (κ3) is 5.95. The van der Waals surface area contributed by atoms with Crippen LogP contribution in [0.3, 0.4) is 0 Å². The SMILES string of the molecule is COc1cccc(OC)c1OCC(O)CN1CCN(c2cccc(C(F)(F)F)c2)CC1. The molecule has 0 aromatic heterocycles. The van der Waals surface area contributed by atoms with Crippen LogP contribution >= 0.6 is 0 Å². The van der Waals surface area contributed by atoms with Crippen LogP contribution in [-0.4, -0.2) is 69.7 Å². The van der Waals surface area contributed by atoms with Crippen molar-refractivity contribution in [3.05, 3.63) is 48.0 Å². The van der Waals surface area contributed by atoms with Gasteiger partial charge in [-0.05, 0) is 30.3 Å². The van der Waals surface area contributed by atoms with Crippen LogP contribution < -0.4 is 19.1 Å². The van der Waals surface area contributed by atoms with E-state index in [1.807, 2.05) is 4.90 Å². The topological polar surface area (TPSA) is 54.4 Å². The second-order valence-corrected chi connectivity index (χ2v) is 7.29. The summed E-state index contributed by atoms with van der Waals surface area (Å²) in [6.45, 7) is 2.87. The summed E-state index contributed by atoms with van der Waals surface area (Å²) in [5.74, 6) is 1.46. The number of halogens is 3. The minimum absolute atomic E-state index is 0.0601. The monoisotopic (exact) mass is 440 g/mol. The van der Waals surface area contributed by atoms with Gasteiger partial charge < -0.3 is 24.2 Å². The first-order valence-corrected chi connectivity index (χ1v) is 9.98. The van der Waals surface area contributed by atoms with E-state index in [9.17, 15) is 18.3 Å². The van der Waals surface area contributed by atoms with Crippen LogP contribution in [0.1, 0.15) is 5.56 Å². The number of hydrogen-bond donors (Lipinski definition) is 1. The van der Waals surface area contributed by atoms with E-state index in [0.717, 1.165) is 6.07 Å². The van der Waals surface area contributed by atoms with Gasteiger partial charge in [-0.15, -0.1) is 0 Å². The molecule has 0 bridgehead atoms. The molecule has 1 aliphatic rings. The first kappa shape index (κ1) is 23.0. The Labute approximate surface area is 179 Å². The second-order valence-electron chi connectivity index (χ2n) is 7.29. The molecule has 6 nitrogen and oxygen atoms in total. The summed E-state index contributed by atoms with van der Waals surface area (Å²) in [6.07, 6.45) is -5.10. The molecule has 0 spiro atoms. The molecule has 1 aliphatic heterocycles. The maximum absolute atomic E-state index is 12.9. The molecule has 3 rings (SSSR count). The van der Waals surface area contributed by atoms with Crippen LogP contribution in [0, 0.1) is 0 Å². The van der Waals surface area contributed by atoms with Crippen molar-refractivity contribution in [3.8, 4) is 17.2 Å². The van der Waals surface area contributed by atoms with Gasteiger partial charge in [-0.25, -0.2) is 0 Å². The fourth-order valence-corrected chi connectivity index (χ4v) is 3.56. The van der Waals surface area contributed by atoms with Crippen molar-refractivity contribution in [2.75, 3.05) is 58.5 Å². The van der Waals surface area contributed by atoms with E-state index in [2.05, 4.69) is 4.90 Å². The van der Waals surface area contributed by atoms with Gasteiger partial charge in [0, 0.05) is 38.4 Å². The summed E-state index contributed by atoms with van der Waals surface area (Å²) in [6, 6.07) is 10.6. The Hall–Kier alpha value is -2.65. The van der Waals surface area contributed by atoms with E-state index in [4.69, 9.17) is 14.2 Å². The molecule has 1 saturated heterocycles. The summed E-state index contributed by atoms with van der Waals surface area (Å²) in [4.78, 5) is 3.99. The fourth-order valence-electron chi connectivity index (χ4n) is 3.56. The number of alkyl halides is 3. The number of piperazine rings is 1. The second kappa shape index (κ2) is 10.1. The van der Waals surface area contributed by atoms with Gasteiger partial charge in [0.05, 0.1) is 19.8 Å². The standard InChI is InChI=1S/C22H27F3N2O4/c1-29-19-7-4-8-20(30-2)21(19)31-15-18(28)14-26-9-11-27(12-10-26)17-6-3-5-16(13-17)22(23,24)25/h3-8,13,18,28H,9-12,14-15H2,1-2H3. The number of rotatable bonds is 8. The number of methoxy groups -OCH3 is 2. The molecule has 1 N–H and O–H groups in total. The molecule has 1 unspecified atom stereocenters. The summed E-state index contributed by atoms with van der Waals surface area (Å²) >= 11 is 0. The lowest BCUT2D eigenvalue weighted by molar-refractivity contribution is -0.137. The Morgan fingerprint density at radius 3 is 2.16 bits per heavy atom. The number of anilines is 1. The number of aliphatic hydroxyl groups excluding tert-OH is 1. The quantitative estimate of drug-likeness (QED) is 0.680. The maximum atomic E-state index is 12.9. The highest BCUT2D eigenvalue weighted by Gasteiger charge is 2.31. The first-order valence-electron chi connectivity index (χ1n) is 9.98. The highest BCUT2D eigenvalue weighted by molar-refractivity contribution is 5.51. The minimum Gasteiger partial charge on any atom is -0.493 e. The summed E-state index contributed by atoms with van der Waals surface area (Å²) < 4.78 is 55.2. The van der Waals surface area contributed by atoms with Gasteiger partial charge in [-0.3, -0.25) is 4.90 Å². The number of aliphatic hydroxyl groups is 1. The van der Waals surface area contributed by atoms with Gasteiger partial charge in [-0.2, -0.15) is 13.2 Å². The van der Waals surface area contributed by atoms with Gasteiger partial charge in [0.25, 0.3) is 0 Å². The molecule has 1 heterocycles. The number of benzene rings is 2. The van der Waals surface area contributed by atoms with Gasteiger partial charge in [0.15, 0.2) is 11.5 Å². The summed E-state index contributed by atoms with van der Waals surface area (Å²) in [5, 5.41) is 10.4. The zero-order chi connectivity index (χ0) is 22.4. The number of nitrogens with zero attached hydrogens (tertiary/aromatic N) is 2. The minimum atomic E-state index is -4.36. The summed E-state index contributed by atoms with van der Waals surface area (Å²) in [5.41, 5.74) is -0.0895. The van der Waals surface area contributed by atoms with Crippen molar-refractivity contribution in [3.63, 3.8) is 0 Å². The predicted octanol–water partition coefficient (Wildman–Crippen LogP) is 3.28. The molecule has 0 amide bonds. The molecule has 0 radical (unpaired) electrons. The average molecular weight is 440 g/mol. The Balaban J connectivity index is 1.50. The van der Waals surface area contributed by atoms with E-state index >= 15 is 0 Å². The molecule has 0 aliphatic carbocycles. The molecule has 2 aromatic rings. The lowest BCUT2D eigenvalue weighted by Gasteiger charge is -2.37. The van der Waals surface area contributed by atoms with E-state index in [1.54, 1.807) is 24.3 Å². The number of hydrogen-bond acceptors (Lipinski definition) is 6. The molecule has 1 atom stereocenters. The van der Waals surface area contributed by atoms with E-state index in [-0.39, 0.29) is 6.61 Å². The maximum Gasteiger partial charge on any atom is 0.416 e. The zero-order valence-electron chi connectivity index (χ0n) is 17.6. The van der Waals surface area contributed by atoms with Crippen LogP contribution in [0.4, 0.5) is 18.9 Å². The molecule has 0 saturated carbocycles. The van der Waals surface area contributed by atoms with E-state index < -0.39 is 17.8 Å². The van der Waals surface area contributed by atoms with Crippen LogP contribution in [0.5, 0.6) is 17.2 Å². The Morgan fingerprint density at radius 1 is 0.968 bits per heavy atom. The Kier molecular flexibility index (Phi) is 7.50. The number of ether oxygens (including phenoxy) is 3. The molecular weight excluding hydrogens is 413 g/mol. The van der Waals surface area contributed by atoms with Crippen molar-refractivity contribution in [1.29, 1.82) is 0 Å². The highest BCUT2D eigenvalue weighted by Crippen LogP contribution is 2.37. The lowest BCUT2D eigenvalue weighted by Crippen LogP contribution is -2.49. The van der Waals surface area contributed by atoms with Gasteiger partial charge in [-0.1, -0.05) is 12.1 Å². The molecule has 2 aromatic carbocycles. The van der Waals surface area contributed by atoms with Crippen molar-refractivity contribution < 1.29 is 32.5 Å².